The standard InChI is InChI=1S/C25H26N2O5/c1-15(23(28)27-17-8-6-7-16(13-17)24(29)30)26-25(31)32-14-22-20-11-4-2-9-18(20)19-10-3-5-12-21(19)22/h2-6,8-12,15-17,22H,7,13-14H2,1H3,(H,26,31)(H,27,28)(H,29,30). The molecule has 0 bridgehead atoms. The Bertz CT molecular complexity index is 1020. The van der Waals surface area contributed by atoms with E-state index >= 15 is 0 Å². The first kappa shape index (κ1) is 21.6. The van der Waals surface area contributed by atoms with Gasteiger partial charge >= 0.3 is 12.1 Å². The smallest absolute Gasteiger partial charge is 0.407 e. The van der Waals surface area contributed by atoms with Gasteiger partial charge < -0.3 is 20.5 Å². The van der Waals surface area contributed by atoms with Crippen molar-refractivity contribution in [2.75, 3.05) is 6.61 Å². The van der Waals surface area contributed by atoms with Crippen LogP contribution in [0.15, 0.2) is 60.7 Å². The van der Waals surface area contributed by atoms with Gasteiger partial charge in [-0.05, 0) is 42.0 Å². The van der Waals surface area contributed by atoms with Gasteiger partial charge in [-0.2, -0.15) is 0 Å². The number of benzene rings is 2. The number of carbonyl (C=O) groups is 3. The van der Waals surface area contributed by atoms with E-state index in [1.54, 1.807) is 19.1 Å². The van der Waals surface area contributed by atoms with Crippen LogP contribution in [0.5, 0.6) is 0 Å². The SMILES string of the molecule is CC(NC(=O)OCC1c2ccccc2-c2ccccc21)C(=O)NC1C=CCC(C(=O)O)C1. The molecule has 0 aliphatic heterocycles. The number of fused-ring (bicyclic) bond motifs is 3. The number of hydrogen-bond acceptors (Lipinski definition) is 4. The van der Waals surface area contributed by atoms with Gasteiger partial charge in [0.15, 0.2) is 0 Å². The second kappa shape index (κ2) is 9.26. The van der Waals surface area contributed by atoms with Crippen molar-refractivity contribution in [3.63, 3.8) is 0 Å². The minimum atomic E-state index is -0.876. The first-order chi connectivity index (χ1) is 15.4. The molecular weight excluding hydrogens is 408 g/mol. The fourth-order valence-corrected chi connectivity index (χ4v) is 4.39. The van der Waals surface area contributed by atoms with Gasteiger partial charge in [-0.1, -0.05) is 60.7 Å². The molecule has 0 heterocycles. The topological polar surface area (TPSA) is 105 Å². The van der Waals surface area contributed by atoms with Crippen LogP contribution in [0, 0.1) is 5.92 Å². The van der Waals surface area contributed by atoms with Crippen molar-refractivity contribution in [1.29, 1.82) is 0 Å². The third-order valence-electron chi connectivity index (χ3n) is 6.08. The zero-order valence-corrected chi connectivity index (χ0v) is 17.8. The lowest BCUT2D eigenvalue weighted by molar-refractivity contribution is -0.142. The molecule has 0 saturated carbocycles. The van der Waals surface area contributed by atoms with Gasteiger partial charge in [0.25, 0.3) is 0 Å². The number of nitrogens with one attached hydrogen (secondary N) is 2. The molecule has 2 aromatic rings. The van der Waals surface area contributed by atoms with Crippen LogP contribution in [0.25, 0.3) is 11.1 Å². The van der Waals surface area contributed by atoms with E-state index < -0.39 is 24.0 Å². The molecule has 0 spiro atoms. The van der Waals surface area contributed by atoms with Crippen LogP contribution in [0.2, 0.25) is 0 Å². The summed E-state index contributed by atoms with van der Waals surface area (Å²) in [5.74, 6) is -1.84. The molecule has 3 unspecified atom stereocenters. The highest BCUT2D eigenvalue weighted by molar-refractivity contribution is 5.86. The third kappa shape index (κ3) is 4.51. The average Bonchev–Trinajstić information content (AvgIpc) is 3.11. The number of aliphatic carboxylic acids is 1. The normalized spacial score (nSPS) is 20.0. The van der Waals surface area contributed by atoms with Crippen LogP contribution < -0.4 is 10.6 Å². The van der Waals surface area contributed by atoms with Gasteiger partial charge in [0, 0.05) is 12.0 Å². The Balaban J connectivity index is 1.31. The minimum absolute atomic E-state index is 0.0578. The molecule has 0 saturated heterocycles. The third-order valence-corrected chi connectivity index (χ3v) is 6.08. The lowest BCUT2D eigenvalue weighted by Gasteiger charge is -2.24. The number of amides is 2. The van der Waals surface area contributed by atoms with Gasteiger partial charge in [-0.25, -0.2) is 4.79 Å². The molecule has 2 aliphatic carbocycles. The highest BCUT2D eigenvalue weighted by Gasteiger charge is 2.30. The first-order valence-corrected chi connectivity index (χ1v) is 10.8. The van der Waals surface area contributed by atoms with Crippen molar-refractivity contribution in [3.05, 3.63) is 71.8 Å². The Kier molecular flexibility index (Phi) is 6.25. The Morgan fingerprint density at radius 3 is 2.31 bits per heavy atom. The van der Waals surface area contributed by atoms with E-state index in [9.17, 15) is 14.4 Å². The van der Waals surface area contributed by atoms with Crippen molar-refractivity contribution in [2.24, 2.45) is 5.92 Å². The van der Waals surface area contributed by atoms with Crippen LogP contribution >= 0.6 is 0 Å². The molecule has 0 fully saturated rings. The summed E-state index contributed by atoms with van der Waals surface area (Å²) in [6.07, 6.45) is 3.66. The molecule has 7 heteroatoms. The van der Waals surface area contributed by atoms with Gasteiger partial charge in [0.05, 0.1) is 5.92 Å². The first-order valence-electron chi connectivity index (χ1n) is 10.8. The highest BCUT2D eigenvalue weighted by Crippen LogP contribution is 2.44. The molecular formula is C25H26N2O5. The number of rotatable bonds is 6. The summed E-state index contributed by atoms with van der Waals surface area (Å²) < 4.78 is 5.48. The highest BCUT2D eigenvalue weighted by atomic mass is 16.5. The maximum Gasteiger partial charge on any atom is 0.407 e. The monoisotopic (exact) mass is 434 g/mol. The van der Waals surface area contributed by atoms with E-state index in [2.05, 4.69) is 22.8 Å². The van der Waals surface area contributed by atoms with Gasteiger partial charge in [-0.15, -0.1) is 0 Å². The Hall–Kier alpha value is -3.61. The fraction of sp³-hybridized carbons (Fsp3) is 0.320. The van der Waals surface area contributed by atoms with E-state index in [-0.39, 0.29) is 24.5 Å². The molecule has 2 aromatic carbocycles. The zero-order valence-electron chi connectivity index (χ0n) is 17.8. The van der Waals surface area contributed by atoms with E-state index in [4.69, 9.17) is 9.84 Å². The maximum absolute atomic E-state index is 12.4. The second-order valence-corrected chi connectivity index (χ2v) is 8.24. The molecule has 2 aliphatic rings. The lowest BCUT2D eigenvalue weighted by Crippen LogP contribution is -2.48. The van der Waals surface area contributed by atoms with Gasteiger partial charge in [0.2, 0.25) is 5.91 Å². The Morgan fingerprint density at radius 2 is 1.69 bits per heavy atom. The largest absolute Gasteiger partial charge is 0.481 e. The number of ether oxygens (including phenoxy) is 1. The number of allylic oxidation sites excluding steroid dienone is 1. The summed E-state index contributed by atoms with van der Waals surface area (Å²) >= 11 is 0. The summed E-state index contributed by atoms with van der Waals surface area (Å²) in [6, 6.07) is 15.0. The van der Waals surface area contributed by atoms with E-state index in [0.717, 1.165) is 22.3 Å². The number of carboxylic acid groups (broad SMARTS) is 1. The quantitative estimate of drug-likeness (QED) is 0.604. The minimum Gasteiger partial charge on any atom is -0.481 e. The van der Waals surface area contributed by atoms with Crippen molar-refractivity contribution in [1.82, 2.24) is 10.6 Å². The van der Waals surface area contributed by atoms with Crippen molar-refractivity contribution in [2.45, 2.75) is 37.8 Å². The predicted molar refractivity (Wildman–Crippen MR) is 119 cm³/mol. The molecule has 32 heavy (non-hydrogen) atoms. The molecule has 4 rings (SSSR count). The average molecular weight is 434 g/mol. The van der Waals surface area contributed by atoms with Gasteiger partial charge in [-0.3, -0.25) is 9.59 Å². The molecule has 3 atom stereocenters. The molecule has 2 amide bonds. The molecule has 7 nitrogen and oxygen atoms in total. The van der Waals surface area contributed by atoms with Gasteiger partial charge in [0.1, 0.15) is 12.6 Å². The number of alkyl carbamates (subject to hydrolysis) is 1. The summed E-state index contributed by atoms with van der Waals surface area (Å²) in [5.41, 5.74) is 4.52. The number of carboxylic acids is 1. The van der Waals surface area contributed by atoms with Crippen LogP contribution in [0.3, 0.4) is 0 Å². The maximum atomic E-state index is 12.4. The summed E-state index contributed by atoms with van der Waals surface area (Å²) in [5, 5.41) is 14.5. The number of carbonyl (C=O) groups excluding carboxylic acids is 2. The molecule has 166 valence electrons. The molecule has 3 N–H and O–H groups in total. The van der Waals surface area contributed by atoms with Crippen LogP contribution in [-0.4, -0.2) is 41.8 Å². The fourth-order valence-electron chi connectivity index (χ4n) is 4.39. The van der Waals surface area contributed by atoms with Crippen LogP contribution in [0.4, 0.5) is 4.79 Å². The summed E-state index contributed by atoms with van der Waals surface area (Å²) in [4.78, 5) is 36.0. The van der Waals surface area contributed by atoms with E-state index in [1.807, 2.05) is 36.4 Å². The van der Waals surface area contributed by atoms with Crippen molar-refractivity contribution in [3.8, 4) is 11.1 Å². The second-order valence-electron chi connectivity index (χ2n) is 8.24. The Labute approximate surface area is 186 Å². The van der Waals surface area contributed by atoms with Crippen LogP contribution in [0.1, 0.15) is 36.8 Å². The van der Waals surface area contributed by atoms with Crippen molar-refractivity contribution < 1.29 is 24.2 Å². The zero-order chi connectivity index (χ0) is 22.7. The lowest BCUT2D eigenvalue weighted by atomic mass is 9.91. The van der Waals surface area contributed by atoms with Crippen molar-refractivity contribution >= 4 is 18.0 Å². The molecule has 0 radical (unpaired) electrons. The predicted octanol–water partition coefficient (Wildman–Crippen LogP) is 3.45. The summed E-state index contributed by atoms with van der Waals surface area (Å²) in [6.45, 7) is 1.73. The summed E-state index contributed by atoms with van der Waals surface area (Å²) in [7, 11) is 0. The van der Waals surface area contributed by atoms with Crippen LogP contribution in [-0.2, 0) is 14.3 Å². The number of hydrogen-bond donors (Lipinski definition) is 3. The van der Waals surface area contributed by atoms with E-state index in [0.29, 0.717) is 12.8 Å². The van der Waals surface area contributed by atoms with E-state index in [1.165, 1.54) is 0 Å². The molecule has 0 aromatic heterocycles. The Morgan fingerprint density at radius 1 is 1.06 bits per heavy atom.